The third-order valence-electron chi connectivity index (χ3n) is 3.40. The molecule has 1 N–H and O–H groups in total. The van der Waals surface area contributed by atoms with E-state index in [1.165, 1.54) is 17.8 Å². The molecule has 1 aliphatic carbocycles. The van der Waals surface area contributed by atoms with Gasteiger partial charge in [-0.25, -0.2) is 4.98 Å². The van der Waals surface area contributed by atoms with E-state index < -0.39 is 0 Å². The van der Waals surface area contributed by atoms with Crippen molar-refractivity contribution in [2.24, 2.45) is 0 Å². The highest BCUT2D eigenvalue weighted by atomic mass is 32.1. The summed E-state index contributed by atoms with van der Waals surface area (Å²) in [4.78, 5) is 8.53. The molecule has 2 unspecified atom stereocenters. The first kappa shape index (κ1) is 11.8. The lowest BCUT2D eigenvalue weighted by molar-refractivity contribution is 0.119. The fourth-order valence-electron chi connectivity index (χ4n) is 2.39. The van der Waals surface area contributed by atoms with Crippen molar-refractivity contribution < 1.29 is 9.63 Å². The number of aromatic nitrogens is 3. The third kappa shape index (κ3) is 2.30. The fourth-order valence-corrected chi connectivity index (χ4v) is 2.92. The number of aliphatic hydroxyl groups is 1. The van der Waals surface area contributed by atoms with Crippen LogP contribution in [0.15, 0.2) is 15.4 Å². The summed E-state index contributed by atoms with van der Waals surface area (Å²) in [6.07, 6.45) is 4.72. The normalized spacial score (nSPS) is 24.9. The van der Waals surface area contributed by atoms with Crippen LogP contribution in [0.4, 0.5) is 0 Å². The van der Waals surface area contributed by atoms with Crippen LogP contribution in [-0.4, -0.2) is 26.3 Å². The summed E-state index contributed by atoms with van der Waals surface area (Å²) in [6.45, 7) is 0. The number of hydrogen-bond acceptors (Lipinski definition) is 6. The zero-order valence-corrected chi connectivity index (χ0v) is 10.8. The van der Waals surface area contributed by atoms with Crippen LogP contribution in [0.5, 0.6) is 0 Å². The monoisotopic (exact) mass is 265 g/mol. The molecule has 0 bridgehead atoms. The van der Waals surface area contributed by atoms with Crippen molar-refractivity contribution in [3.8, 4) is 11.5 Å². The Morgan fingerprint density at radius 3 is 3.00 bits per heavy atom. The van der Waals surface area contributed by atoms with E-state index in [9.17, 15) is 5.11 Å². The van der Waals surface area contributed by atoms with Gasteiger partial charge in [0.25, 0.3) is 0 Å². The Balaban J connectivity index is 1.83. The van der Waals surface area contributed by atoms with Crippen molar-refractivity contribution in [3.63, 3.8) is 0 Å². The quantitative estimate of drug-likeness (QED) is 0.845. The van der Waals surface area contributed by atoms with Crippen LogP contribution in [0.1, 0.15) is 43.9 Å². The highest BCUT2D eigenvalue weighted by Crippen LogP contribution is 2.31. The molecular weight excluding hydrogens is 250 g/mol. The molecule has 0 aromatic carbocycles. The molecule has 5 nitrogen and oxygen atoms in total. The Morgan fingerprint density at radius 1 is 1.28 bits per heavy atom. The molecule has 0 amide bonds. The van der Waals surface area contributed by atoms with Crippen molar-refractivity contribution in [3.05, 3.63) is 16.8 Å². The lowest BCUT2D eigenvalue weighted by Crippen LogP contribution is -2.17. The van der Waals surface area contributed by atoms with E-state index in [0.717, 1.165) is 31.4 Å². The number of thiazole rings is 1. The number of rotatable bonds is 2. The second-order valence-electron chi connectivity index (χ2n) is 4.64. The highest BCUT2D eigenvalue weighted by Gasteiger charge is 2.28. The zero-order chi connectivity index (χ0) is 12.4. The Hall–Kier alpha value is -1.27. The smallest absolute Gasteiger partial charge is 0.232 e. The van der Waals surface area contributed by atoms with Gasteiger partial charge in [0.2, 0.25) is 11.7 Å². The van der Waals surface area contributed by atoms with Gasteiger partial charge in [-0.1, -0.05) is 24.4 Å². The molecule has 2 heterocycles. The Bertz CT molecular complexity index is 497. The first-order valence-electron chi connectivity index (χ1n) is 6.25. The second kappa shape index (κ2) is 5.16. The fraction of sp³-hybridized carbons (Fsp3) is 0.583. The molecule has 6 heteroatoms. The minimum absolute atomic E-state index is 0.0209. The Labute approximate surface area is 109 Å². The summed E-state index contributed by atoms with van der Waals surface area (Å²) in [5.41, 5.74) is 2.48. The summed E-state index contributed by atoms with van der Waals surface area (Å²) in [6, 6.07) is 0. The van der Waals surface area contributed by atoms with Crippen molar-refractivity contribution >= 4 is 11.3 Å². The van der Waals surface area contributed by atoms with E-state index >= 15 is 0 Å². The van der Waals surface area contributed by atoms with E-state index in [-0.39, 0.29) is 12.0 Å². The van der Waals surface area contributed by atoms with Crippen LogP contribution in [0.3, 0.4) is 0 Å². The molecule has 2 aromatic rings. The minimum atomic E-state index is -0.365. The Morgan fingerprint density at radius 2 is 2.17 bits per heavy atom. The standard InChI is InChI=1S/C12H15N3O2S/c16-10-5-3-1-2-4-8(10)12-14-11(15-17-12)9-6-18-7-13-9/h6-8,10,16H,1-5H2. The van der Waals surface area contributed by atoms with E-state index in [1.807, 2.05) is 5.38 Å². The largest absolute Gasteiger partial charge is 0.392 e. The number of hydrogen-bond donors (Lipinski definition) is 1. The van der Waals surface area contributed by atoms with Gasteiger partial charge < -0.3 is 9.63 Å². The van der Waals surface area contributed by atoms with Gasteiger partial charge in [0.15, 0.2) is 0 Å². The average Bonchev–Trinajstić information content (AvgIpc) is 3.00. The topological polar surface area (TPSA) is 72.0 Å². The highest BCUT2D eigenvalue weighted by molar-refractivity contribution is 7.07. The van der Waals surface area contributed by atoms with Crippen LogP contribution in [-0.2, 0) is 0 Å². The van der Waals surface area contributed by atoms with Crippen LogP contribution >= 0.6 is 11.3 Å². The molecule has 1 aliphatic rings. The third-order valence-corrected chi connectivity index (χ3v) is 3.99. The van der Waals surface area contributed by atoms with E-state index in [1.54, 1.807) is 5.51 Å². The molecule has 2 aromatic heterocycles. The number of aliphatic hydroxyl groups excluding tert-OH is 1. The summed E-state index contributed by atoms with van der Waals surface area (Å²) >= 11 is 1.50. The van der Waals surface area contributed by atoms with Crippen LogP contribution < -0.4 is 0 Å². The summed E-state index contributed by atoms with van der Waals surface area (Å²) < 4.78 is 5.30. The molecule has 0 saturated heterocycles. The summed E-state index contributed by atoms with van der Waals surface area (Å²) in [5, 5.41) is 15.9. The lowest BCUT2D eigenvalue weighted by atomic mass is 9.97. The van der Waals surface area contributed by atoms with Gasteiger partial charge in [0, 0.05) is 5.38 Å². The van der Waals surface area contributed by atoms with E-state index in [0.29, 0.717) is 11.7 Å². The molecule has 2 atom stereocenters. The van der Waals surface area contributed by atoms with Crippen LogP contribution in [0.2, 0.25) is 0 Å². The maximum Gasteiger partial charge on any atom is 0.232 e. The zero-order valence-electron chi connectivity index (χ0n) is 9.95. The summed E-state index contributed by atoms with van der Waals surface area (Å²) in [5.74, 6) is 1.04. The summed E-state index contributed by atoms with van der Waals surface area (Å²) in [7, 11) is 0. The molecule has 96 valence electrons. The van der Waals surface area contributed by atoms with Gasteiger partial charge in [-0.2, -0.15) is 4.98 Å². The van der Waals surface area contributed by atoms with Gasteiger partial charge >= 0.3 is 0 Å². The van der Waals surface area contributed by atoms with E-state index in [4.69, 9.17) is 4.52 Å². The van der Waals surface area contributed by atoms with Crippen LogP contribution in [0, 0.1) is 0 Å². The van der Waals surface area contributed by atoms with Gasteiger partial charge in [-0.3, -0.25) is 0 Å². The molecule has 0 aliphatic heterocycles. The molecule has 3 rings (SSSR count). The van der Waals surface area contributed by atoms with Crippen LogP contribution in [0.25, 0.3) is 11.5 Å². The maximum absolute atomic E-state index is 10.1. The Kier molecular flexibility index (Phi) is 3.38. The predicted molar refractivity (Wildman–Crippen MR) is 67.2 cm³/mol. The molecule has 1 fully saturated rings. The van der Waals surface area contributed by atoms with Gasteiger partial charge in [-0.05, 0) is 12.8 Å². The van der Waals surface area contributed by atoms with Crippen molar-refractivity contribution in [1.82, 2.24) is 15.1 Å². The SMILES string of the molecule is OC1CCCCCC1c1nc(-c2cscn2)no1. The molecular formula is C12H15N3O2S. The van der Waals surface area contributed by atoms with Crippen molar-refractivity contribution in [1.29, 1.82) is 0 Å². The minimum Gasteiger partial charge on any atom is -0.392 e. The number of nitrogens with zero attached hydrogens (tertiary/aromatic N) is 3. The average molecular weight is 265 g/mol. The predicted octanol–water partition coefficient (Wildman–Crippen LogP) is 2.60. The molecule has 0 radical (unpaired) electrons. The van der Waals surface area contributed by atoms with Gasteiger partial charge in [0.1, 0.15) is 5.69 Å². The molecule has 0 spiro atoms. The van der Waals surface area contributed by atoms with Gasteiger partial charge in [0.05, 0.1) is 17.5 Å². The molecule has 1 saturated carbocycles. The maximum atomic E-state index is 10.1. The first-order valence-corrected chi connectivity index (χ1v) is 7.19. The van der Waals surface area contributed by atoms with Gasteiger partial charge in [-0.15, -0.1) is 11.3 Å². The first-order chi connectivity index (χ1) is 8.84. The second-order valence-corrected chi connectivity index (χ2v) is 5.36. The molecule has 18 heavy (non-hydrogen) atoms. The van der Waals surface area contributed by atoms with E-state index in [2.05, 4.69) is 15.1 Å². The van der Waals surface area contributed by atoms with Crippen molar-refractivity contribution in [2.75, 3.05) is 0 Å². The van der Waals surface area contributed by atoms with Crippen molar-refractivity contribution in [2.45, 2.75) is 44.1 Å². The lowest BCUT2D eigenvalue weighted by Gasteiger charge is -2.15.